The minimum absolute atomic E-state index is 0.227. The van der Waals surface area contributed by atoms with Gasteiger partial charge in [-0.3, -0.25) is 4.79 Å². The Balaban J connectivity index is 2.01. The van der Waals surface area contributed by atoms with Crippen LogP contribution >= 0.6 is 0 Å². The van der Waals surface area contributed by atoms with Crippen molar-refractivity contribution in [2.75, 3.05) is 13.1 Å². The van der Waals surface area contributed by atoms with Crippen LogP contribution in [-0.4, -0.2) is 23.9 Å². The van der Waals surface area contributed by atoms with Gasteiger partial charge in [-0.05, 0) is 25.2 Å². The average Bonchev–Trinajstić information content (AvgIpc) is 2.71. The van der Waals surface area contributed by atoms with Crippen LogP contribution in [-0.2, 0) is 4.79 Å². The van der Waals surface area contributed by atoms with Crippen molar-refractivity contribution >= 4 is 5.91 Å². The van der Waals surface area contributed by atoms with Crippen LogP contribution in [0.2, 0.25) is 0 Å². The molecule has 1 saturated heterocycles. The van der Waals surface area contributed by atoms with Crippen LogP contribution in [0.1, 0.15) is 26.2 Å². The van der Waals surface area contributed by atoms with Gasteiger partial charge >= 0.3 is 0 Å². The molecule has 2 heteroatoms. The first-order valence-corrected chi connectivity index (χ1v) is 5.45. The highest BCUT2D eigenvalue weighted by Crippen LogP contribution is 2.19. The van der Waals surface area contributed by atoms with Crippen molar-refractivity contribution in [2.24, 2.45) is 5.92 Å². The first-order valence-electron chi connectivity index (χ1n) is 5.45. The van der Waals surface area contributed by atoms with Gasteiger partial charge in [-0.1, -0.05) is 25.2 Å². The van der Waals surface area contributed by atoms with E-state index >= 15 is 0 Å². The fourth-order valence-corrected chi connectivity index (χ4v) is 1.99. The van der Waals surface area contributed by atoms with E-state index in [0.29, 0.717) is 5.92 Å². The van der Waals surface area contributed by atoms with Crippen molar-refractivity contribution in [3.8, 4) is 0 Å². The van der Waals surface area contributed by atoms with E-state index in [1.165, 1.54) is 12.8 Å². The maximum absolute atomic E-state index is 11.9. The number of rotatable bonds is 1. The summed E-state index contributed by atoms with van der Waals surface area (Å²) < 4.78 is 0. The lowest BCUT2D eigenvalue weighted by molar-refractivity contribution is -0.125. The third kappa shape index (κ3) is 1.89. The highest BCUT2D eigenvalue weighted by molar-refractivity contribution is 5.96. The molecule has 76 valence electrons. The van der Waals surface area contributed by atoms with Crippen LogP contribution in [0.5, 0.6) is 0 Å². The number of amides is 1. The Bertz CT molecular complexity index is 285. The molecule has 1 atom stereocenters. The molecule has 1 aliphatic carbocycles. The highest BCUT2D eigenvalue weighted by Gasteiger charge is 2.20. The maximum atomic E-state index is 11.9. The Morgan fingerprint density at radius 1 is 1.43 bits per heavy atom. The highest BCUT2D eigenvalue weighted by atomic mass is 16.2. The number of allylic oxidation sites excluding steroid dienone is 2. The molecule has 0 saturated carbocycles. The fraction of sp³-hybridized carbons (Fsp3) is 0.583. The van der Waals surface area contributed by atoms with Gasteiger partial charge in [0.15, 0.2) is 0 Å². The summed E-state index contributed by atoms with van der Waals surface area (Å²) in [7, 11) is 0. The van der Waals surface area contributed by atoms with Crippen molar-refractivity contribution in [1.29, 1.82) is 0 Å². The second-order valence-corrected chi connectivity index (χ2v) is 4.23. The molecule has 0 aromatic carbocycles. The van der Waals surface area contributed by atoms with Gasteiger partial charge in [0.2, 0.25) is 0 Å². The van der Waals surface area contributed by atoms with Gasteiger partial charge in [-0.15, -0.1) is 0 Å². The van der Waals surface area contributed by atoms with Crippen LogP contribution in [0.3, 0.4) is 0 Å². The van der Waals surface area contributed by atoms with E-state index in [1.807, 2.05) is 11.0 Å². The third-order valence-electron chi connectivity index (χ3n) is 2.95. The van der Waals surface area contributed by atoms with Crippen molar-refractivity contribution in [1.82, 2.24) is 4.90 Å². The minimum Gasteiger partial charge on any atom is -0.339 e. The largest absolute Gasteiger partial charge is 0.339 e. The number of carbonyl (C=O) groups is 1. The Kier molecular flexibility index (Phi) is 2.71. The van der Waals surface area contributed by atoms with Crippen LogP contribution < -0.4 is 0 Å². The summed E-state index contributed by atoms with van der Waals surface area (Å²) in [4.78, 5) is 13.9. The SMILES string of the molecule is CC1C=CC(C(=O)N2CCCC2)=CC1. The monoisotopic (exact) mass is 191 g/mol. The van der Waals surface area contributed by atoms with Crippen LogP contribution in [0, 0.1) is 5.92 Å². The summed E-state index contributed by atoms with van der Waals surface area (Å²) in [5.74, 6) is 0.816. The van der Waals surface area contributed by atoms with Gasteiger partial charge in [0.1, 0.15) is 0 Å². The first-order chi connectivity index (χ1) is 6.77. The molecule has 1 amide bonds. The summed E-state index contributed by atoms with van der Waals surface area (Å²) in [6.45, 7) is 4.06. The Hall–Kier alpha value is -1.05. The molecular formula is C12H17NO. The predicted octanol–water partition coefficient (Wildman–Crippen LogP) is 2.13. The average molecular weight is 191 g/mol. The van der Waals surface area contributed by atoms with Gasteiger partial charge in [-0.2, -0.15) is 0 Å². The lowest BCUT2D eigenvalue weighted by Crippen LogP contribution is -2.29. The maximum Gasteiger partial charge on any atom is 0.253 e. The Morgan fingerprint density at radius 3 is 2.71 bits per heavy atom. The number of hydrogen-bond acceptors (Lipinski definition) is 1. The molecule has 1 unspecified atom stereocenters. The molecule has 0 radical (unpaired) electrons. The third-order valence-corrected chi connectivity index (χ3v) is 2.95. The van der Waals surface area contributed by atoms with Crippen molar-refractivity contribution in [3.63, 3.8) is 0 Å². The van der Waals surface area contributed by atoms with Crippen LogP contribution in [0.15, 0.2) is 23.8 Å². The summed E-state index contributed by atoms with van der Waals surface area (Å²) in [6, 6.07) is 0. The molecule has 1 fully saturated rings. The van der Waals surface area contributed by atoms with Crippen molar-refractivity contribution in [2.45, 2.75) is 26.2 Å². The second-order valence-electron chi connectivity index (χ2n) is 4.23. The van der Waals surface area contributed by atoms with Crippen molar-refractivity contribution < 1.29 is 4.79 Å². The number of likely N-dealkylation sites (tertiary alicyclic amines) is 1. The normalized spacial score (nSPS) is 26.5. The summed E-state index contributed by atoms with van der Waals surface area (Å²) in [6.07, 6.45) is 9.52. The van der Waals surface area contributed by atoms with E-state index in [-0.39, 0.29) is 5.91 Å². The lowest BCUT2D eigenvalue weighted by atomic mass is 9.98. The van der Waals surface area contributed by atoms with E-state index in [1.54, 1.807) is 0 Å². The smallest absolute Gasteiger partial charge is 0.253 e. The van der Waals surface area contributed by atoms with E-state index < -0.39 is 0 Å². The number of nitrogens with zero attached hydrogens (tertiary/aromatic N) is 1. The van der Waals surface area contributed by atoms with Gasteiger partial charge in [0.25, 0.3) is 5.91 Å². The second kappa shape index (κ2) is 3.99. The fourth-order valence-electron chi connectivity index (χ4n) is 1.99. The van der Waals surface area contributed by atoms with Crippen LogP contribution in [0.4, 0.5) is 0 Å². The summed E-state index contributed by atoms with van der Waals surface area (Å²) >= 11 is 0. The summed E-state index contributed by atoms with van der Waals surface area (Å²) in [5, 5.41) is 0. The predicted molar refractivity (Wildman–Crippen MR) is 56.8 cm³/mol. The van der Waals surface area contributed by atoms with Crippen LogP contribution in [0.25, 0.3) is 0 Å². The zero-order valence-electron chi connectivity index (χ0n) is 8.70. The topological polar surface area (TPSA) is 20.3 Å². The van der Waals surface area contributed by atoms with Gasteiger partial charge in [-0.25, -0.2) is 0 Å². The molecular weight excluding hydrogens is 174 g/mol. The zero-order valence-corrected chi connectivity index (χ0v) is 8.70. The molecule has 0 aromatic rings. The van der Waals surface area contributed by atoms with Gasteiger partial charge in [0.05, 0.1) is 0 Å². The Labute approximate surface area is 85.3 Å². The van der Waals surface area contributed by atoms with Gasteiger partial charge < -0.3 is 4.90 Å². The zero-order chi connectivity index (χ0) is 9.97. The quantitative estimate of drug-likeness (QED) is 0.621. The molecule has 1 heterocycles. The molecule has 0 bridgehead atoms. The molecule has 0 spiro atoms. The van der Waals surface area contributed by atoms with E-state index in [0.717, 1.165) is 25.1 Å². The summed E-state index contributed by atoms with van der Waals surface area (Å²) in [5.41, 5.74) is 0.894. The first kappa shape index (κ1) is 9.50. The van der Waals surface area contributed by atoms with Gasteiger partial charge in [0, 0.05) is 18.7 Å². The molecule has 1 aliphatic heterocycles. The molecule has 2 nitrogen and oxygen atoms in total. The van der Waals surface area contributed by atoms with Crippen molar-refractivity contribution in [3.05, 3.63) is 23.8 Å². The molecule has 2 rings (SSSR count). The molecule has 0 aromatic heterocycles. The van der Waals surface area contributed by atoms with E-state index in [4.69, 9.17) is 0 Å². The molecule has 0 N–H and O–H groups in total. The molecule has 2 aliphatic rings. The molecule has 14 heavy (non-hydrogen) atoms. The van der Waals surface area contributed by atoms with E-state index in [2.05, 4.69) is 19.1 Å². The standard InChI is InChI=1S/C12H17NO/c1-10-4-6-11(7-5-10)12(14)13-8-2-3-9-13/h4,6-7,10H,2-3,5,8-9H2,1H3. The minimum atomic E-state index is 0.227. The Morgan fingerprint density at radius 2 is 2.14 bits per heavy atom. The number of hydrogen-bond donors (Lipinski definition) is 0. The van der Waals surface area contributed by atoms with E-state index in [9.17, 15) is 4.79 Å². The number of carbonyl (C=O) groups excluding carboxylic acids is 1. The lowest BCUT2D eigenvalue weighted by Gasteiger charge is -2.18.